The van der Waals surface area contributed by atoms with Crippen LogP contribution in [0.15, 0.2) is 18.2 Å². The van der Waals surface area contributed by atoms with Crippen LogP contribution in [-0.4, -0.2) is 11.7 Å². The summed E-state index contributed by atoms with van der Waals surface area (Å²) in [6.45, 7) is 6.76. The van der Waals surface area contributed by atoms with Crippen molar-refractivity contribution in [2.75, 3.05) is 6.61 Å². The highest BCUT2D eigenvalue weighted by Gasteiger charge is 2.04. The highest BCUT2D eigenvalue weighted by molar-refractivity contribution is 5.59. The van der Waals surface area contributed by atoms with Gasteiger partial charge in [0.15, 0.2) is 0 Å². The third kappa shape index (κ3) is 3.21. The molecule has 1 aromatic carbocycles. The van der Waals surface area contributed by atoms with Gasteiger partial charge in [-0.1, -0.05) is 43.7 Å². The van der Waals surface area contributed by atoms with Gasteiger partial charge < -0.3 is 5.11 Å². The van der Waals surface area contributed by atoms with E-state index in [1.165, 1.54) is 22.3 Å². The van der Waals surface area contributed by atoms with Gasteiger partial charge in [0.2, 0.25) is 0 Å². The molecule has 1 rings (SSSR count). The van der Waals surface area contributed by atoms with E-state index in [-0.39, 0.29) is 6.61 Å². The second kappa shape index (κ2) is 6.49. The Morgan fingerprint density at radius 2 is 1.69 bits per heavy atom. The highest BCUT2D eigenvalue weighted by atomic mass is 16.2. The molecule has 88 valence electrons. The molecule has 0 amide bonds. The van der Waals surface area contributed by atoms with Crippen molar-refractivity contribution in [2.45, 2.75) is 40.0 Å². The average molecular weight is 218 g/mol. The van der Waals surface area contributed by atoms with Gasteiger partial charge in [0.25, 0.3) is 0 Å². The Labute approximate surface area is 98.8 Å². The number of hydrogen-bond acceptors (Lipinski definition) is 1. The van der Waals surface area contributed by atoms with Crippen molar-refractivity contribution in [1.29, 1.82) is 0 Å². The van der Waals surface area contributed by atoms with E-state index in [1.807, 2.05) is 0 Å². The van der Waals surface area contributed by atoms with Gasteiger partial charge >= 0.3 is 0 Å². The van der Waals surface area contributed by atoms with Crippen LogP contribution in [0.25, 0.3) is 6.08 Å². The molecular weight excluding hydrogens is 196 g/mol. The average Bonchev–Trinajstić information content (AvgIpc) is 2.30. The second-order valence-electron chi connectivity index (χ2n) is 4.12. The quantitative estimate of drug-likeness (QED) is 0.801. The Kier molecular flexibility index (Phi) is 5.27. The fraction of sp³-hybridized carbons (Fsp3) is 0.467. The van der Waals surface area contributed by atoms with Gasteiger partial charge in [0.05, 0.1) is 0 Å². The van der Waals surface area contributed by atoms with Crippen LogP contribution in [0.5, 0.6) is 0 Å². The number of aliphatic hydroxyl groups excluding tert-OH is 1. The first-order chi connectivity index (χ1) is 7.72. The summed E-state index contributed by atoms with van der Waals surface area (Å²) in [5.41, 5.74) is 5.51. The van der Waals surface area contributed by atoms with Gasteiger partial charge in [-0.3, -0.25) is 0 Å². The van der Waals surface area contributed by atoms with E-state index in [9.17, 15) is 0 Å². The first-order valence-electron chi connectivity index (χ1n) is 6.12. The molecule has 16 heavy (non-hydrogen) atoms. The molecule has 0 bridgehead atoms. The number of rotatable bonds is 5. The molecule has 1 aromatic rings. The monoisotopic (exact) mass is 218 g/mol. The minimum Gasteiger partial charge on any atom is -0.396 e. The number of hydrogen-bond donors (Lipinski definition) is 1. The molecule has 0 aliphatic rings. The van der Waals surface area contributed by atoms with Gasteiger partial charge in [-0.2, -0.15) is 0 Å². The lowest BCUT2D eigenvalue weighted by molar-refractivity contribution is 0.303. The molecule has 0 spiro atoms. The van der Waals surface area contributed by atoms with Crippen molar-refractivity contribution in [1.82, 2.24) is 0 Å². The van der Waals surface area contributed by atoms with E-state index in [4.69, 9.17) is 5.11 Å². The Bertz CT molecular complexity index is 339. The summed E-state index contributed by atoms with van der Waals surface area (Å²) in [5, 5.41) is 8.79. The summed E-state index contributed by atoms with van der Waals surface area (Å²) in [4.78, 5) is 0. The third-order valence-electron chi connectivity index (χ3n) is 2.84. The van der Waals surface area contributed by atoms with E-state index >= 15 is 0 Å². The van der Waals surface area contributed by atoms with Gasteiger partial charge in [-0.15, -0.1) is 0 Å². The zero-order valence-corrected chi connectivity index (χ0v) is 10.6. The van der Waals surface area contributed by atoms with Crippen molar-refractivity contribution in [3.8, 4) is 0 Å². The number of aliphatic hydroxyl groups is 1. The van der Waals surface area contributed by atoms with Crippen molar-refractivity contribution in [3.05, 3.63) is 40.5 Å². The lowest BCUT2D eigenvalue weighted by Crippen LogP contribution is -1.95. The Balaban J connectivity index is 3.11. The molecule has 1 nitrogen and oxygen atoms in total. The first-order valence-corrected chi connectivity index (χ1v) is 6.12. The molecule has 0 fully saturated rings. The van der Waals surface area contributed by atoms with Crippen LogP contribution in [0.2, 0.25) is 0 Å². The maximum absolute atomic E-state index is 8.79. The van der Waals surface area contributed by atoms with E-state index in [0.717, 1.165) is 19.3 Å². The predicted octanol–water partition coefficient (Wildman–Crippen LogP) is 3.52. The summed E-state index contributed by atoms with van der Waals surface area (Å²) in [5.74, 6) is 0. The maximum atomic E-state index is 8.79. The Morgan fingerprint density at radius 1 is 1.12 bits per heavy atom. The fourth-order valence-corrected chi connectivity index (χ4v) is 2.03. The van der Waals surface area contributed by atoms with Crippen LogP contribution in [0.1, 0.15) is 42.5 Å². The topological polar surface area (TPSA) is 20.2 Å². The maximum Gasteiger partial charge on any atom is 0.0465 e. The zero-order valence-electron chi connectivity index (χ0n) is 10.6. The molecule has 0 unspecified atom stereocenters. The molecule has 0 radical (unpaired) electrons. The van der Waals surface area contributed by atoms with E-state index in [0.29, 0.717) is 0 Å². The van der Waals surface area contributed by atoms with E-state index < -0.39 is 0 Å². The smallest absolute Gasteiger partial charge is 0.0465 e. The third-order valence-corrected chi connectivity index (χ3v) is 2.84. The molecule has 1 N–H and O–H groups in total. The Morgan fingerprint density at radius 3 is 2.12 bits per heavy atom. The van der Waals surface area contributed by atoms with Crippen molar-refractivity contribution >= 4 is 6.08 Å². The van der Waals surface area contributed by atoms with Crippen molar-refractivity contribution in [2.24, 2.45) is 0 Å². The van der Waals surface area contributed by atoms with Gasteiger partial charge in [0.1, 0.15) is 0 Å². The van der Waals surface area contributed by atoms with Crippen LogP contribution in [0.4, 0.5) is 0 Å². The number of aryl methyl sites for hydroxylation is 3. The minimum atomic E-state index is 0.227. The normalized spacial score (nSPS) is 11.2. The summed E-state index contributed by atoms with van der Waals surface area (Å²) in [6, 6.07) is 4.52. The molecule has 0 heterocycles. The summed E-state index contributed by atoms with van der Waals surface area (Å²) >= 11 is 0. The van der Waals surface area contributed by atoms with Crippen LogP contribution in [-0.2, 0) is 12.8 Å². The van der Waals surface area contributed by atoms with Crippen LogP contribution < -0.4 is 0 Å². The zero-order chi connectivity index (χ0) is 12.0. The van der Waals surface area contributed by atoms with Crippen LogP contribution in [0.3, 0.4) is 0 Å². The summed E-state index contributed by atoms with van der Waals surface area (Å²) in [6.07, 6.45) is 7.08. The van der Waals surface area contributed by atoms with Gasteiger partial charge in [0, 0.05) is 6.61 Å². The highest BCUT2D eigenvalue weighted by Crippen LogP contribution is 2.20. The lowest BCUT2D eigenvalue weighted by Gasteiger charge is -2.11. The number of benzene rings is 1. The molecule has 0 atom stereocenters. The standard InChI is InChI=1S/C15H22O/c1-4-13-10-12(3)11-14(5-2)15(13)8-6-7-9-16/h6,8,10-11,16H,4-5,7,9H2,1-3H3. The summed E-state index contributed by atoms with van der Waals surface area (Å²) < 4.78 is 0. The lowest BCUT2D eigenvalue weighted by atomic mass is 9.94. The van der Waals surface area contributed by atoms with Gasteiger partial charge in [-0.05, 0) is 42.9 Å². The Hall–Kier alpha value is -1.08. The first kappa shape index (κ1) is 13.0. The van der Waals surface area contributed by atoms with Crippen LogP contribution in [0, 0.1) is 6.92 Å². The molecule has 1 heteroatoms. The molecule has 0 saturated heterocycles. The molecule has 0 aliphatic carbocycles. The minimum absolute atomic E-state index is 0.227. The SMILES string of the molecule is CCc1cc(C)cc(CC)c1C=CCCO. The van der Waals surface area contributed by atoms with Gasteiger partial charge in [-0.25, -0.2) is 0 Å². The van der Waals surface area contributed by atoms with Crippen LogP contribution >= 0.6 is 0 Å². The fourth-order valence-electron chi connectivity index (χ4n) is 2.03. The van der Waals surface area contributed by atoms with E-state index in [2.05, 4.69) is 45.1 Å². The second-order valence-corrected chi connectivity index (χ2v) is 4.12. The van der Waals surface area contributed by atoms with Crippen molar-refractivity contribution < 1.29 is 5.11 Å². The largest absolute Gasteiger partial charge is 0.396 e. The molecule has 0 saturated carbocycles. The molecule has 0 aromatic heterocycles. The summed E-state index contributed by atoms with van der Waals surface area (Å²) in [7, 11) is 0. The predicted molar refractivity (Wildman–Crippen MR) is 70.7 cm³/mol. The molecule has 0 aliphatic heterocycles. The molecular formula is C15H22O. The van der Waals surface area contributed by atoms with Crippen molar-refractivity contribution in [3.63, 3.8) is 0 Å². The van der Waals surface area contributed by atoms with E-state index in [1.54, 1.807) is 0 Å².